The lowest BCUT2D eigenvalue weighted by atomic mass is 10.2. The van der Waals surface area contributed by atoms with E-state index in [1.807, 2.05) is 6.08 Å². The highest BCUT2D eigenvalue weighted by Crippen LogP contribution is 2.19. The Labute approximate surface area is 58.4 Å². The van der Waals surface area contributed by atoms with Crippen molar-refractivity contribution >= 4 is 5.97 Å². The molecule has 0 amide bonds. The molecule has 0 unspecified atom stereocenters. The zero-order valence-electron chi connectivity index (χ0n) is 5.39. The van der Waals surface area contributed by atoms with Gasteiger partial charge in [-0.3, -0.25) is 0 Å². The van der Waals surface area contributed by atoms with Gasteiger partial charge in [0.15, 0.2) is 5.76 Å². The minimum atomic E-state index is -0.268. The van der Waals surface area contributed by atoms with Crippen LogP contribution in [0.15, 0.2) is 23.6 Å². The second-order valence-corrected chi connectivity index (χ2v) is 2.26. The van der Waals surface area contributed by atoms with Gasteiger partial charge in [-0.1, -0.05) is 0 Å². The summed E-state index contributed by atoms with van der Waals surface area (Å²) in [6.45, 7) is 0.895. The summed E-state index contributed by atoms with van der Waals surface area (Å²) in [6.07, 6.45) is 4.33. The molecule has 0 bridgehead atoms. The van der Waals surface area contributed by atoms with Gasteiger partial charge in [0.25, 0.3) is 0 Å². The Morgan fingerprint density at radius 1 is 1.60 bits per heavy atom. The highest BCUT2D eigenvalue weighted by molar-refractivity contribution is 5.88. The fraction of sp³-hybridized carbons (Fsp3) is 0.286. The normalized spacial score (nSPS) is 22.2. The summed E-state index contributed by atoms with van der Waals surface area (Å²) in [5, 5.41) is 3.06. The number of hydrogen-bond donors (Lipinski definition) is 1. The predicted octanol–water partition coefficient (Wildman–Crippen LogP) is 0.304. The molecule has 0 aromatic heterocycles. The number of esters is 1. The number of rotatable bonds is 0. The number of carbonyl (C=O) groups is 1. The van der Waals surface area contributed by atoms with E-state index in [9.17, 15) is 4.79 Å². The van der Waals surface area contributed by atoms with E-state index in [1.54, 1.807) is 0 Å². The number of ether oxygens (including phenoxy) is 1. The van der Waals surface area contributed by atoms with Gasteiger partial charge in [-0.05, 0) is 12.5 Å². The van der Waals surface area contributed by atoms with E-state index in [4.69, 9.17) is 4.74 Å². The third-order valence-corrected chi connectivity index (χ3v) is 1.53. The molecular formula is C7H7NO2. The average Bonchev–Trinajstić information content (AvgIpc) is 2.27. The van der Waals surface area contributed by atoms with Crippen LogP contribution in [0.5, 0.6) is 0 Å². The van der Waals surface area contributed by atoms with Crippen LogP contribution < -0.4 is 5.32 Å². The minimum Gasteiger partial charge on any atom is -0.421 e. The molecule has 0 radical (unpaired) electrons. The second-order valence-electron chi connectivity index (χ2n) is 2.26. The lowest BCUT2D eigenvalue weighted by molar-refractivity contribution is -0.132. The van der Waals surface area contributed by atoms with E-state index in [-0.39, 0.29) is 5.97 Å². The third-order valence-electron chi connectivity index (χ3n) is 1.53. The predicted molar refractivity (Wildman–Crippen MR) is 34.9 cm³/mol. The Morgan fingerprint density at radius 2 is 2.50 bits per heavy atom. The first-order valence-corrected chi connectivity index (χ1v) is 3.24. The number of fused-ring (bicyclic) bond motifs is 1. The van der Waals surface area contributed by atoms with Gasteiger partial charge in [0.05, 0.1) is 11.8 Å². The molecule has 52 valence electrons. The van der Waals surface area contributed by atoms with E-state index < -0.39 is 0 Å². The van der Waals surface area contributed by atoms with Crippen LogP contribution >= 0.6 is 0 Å². The smallest absolute Gasteiger partial charge is 0.338 e. The quantitative estimate of drug-likeness (QED) is 0.488. The molecule has 0 saturated carbocycles. The molecule has 2 rings (SSSR count). The minimum absolute atomic E-state index is 0.268. The summed E-state index contributed by atoms with van der Waals surface area (Å²) in [6, 6.07) is 0. The summed E-state index contributed by atoms with van der Waals surface area (Å²) in [4.78, 5) is 10.6. The first kappa shape index (κ1) is 5.53. The van der Waals surface area contributed by atoms with Crippen LogP contribution in [-0.4, -0.2) is 12.5 Å². The molecule has 2 aliphatic heterocycles. The topological polar surface area (TPSA) is 38.3 Å². The van der Waals surface area contributed by atoms with Crippen molar-refractivity contribution in [2.45, 2.75) is 6.42 Å². The van der Waals surface area contributed by atoms with Crippen molar-refractivity contribution in [1.29, 1.82) is 0 Å². The van der Waals surface area contributed by atoms with Gasteiger partial charge in [0.2, 0.25) is 0 Å². The second kappa shape index (κ2) is 1.87. The molecule has 0 saturated heterocycles. The van der Waals surface area contributed by atoms with Crippen molar-refractivity contribution in [2.24, 2.45) is 0 Å². The summed E-state index contributed by atoms with van der Waals surface area (Å²) in [5.41, 5.74) is 0.830. The van der Waals surface area contributed by atoms with Gasteiger partial charge >= 0.3 is 5.97 Å². The Hall–Kier alpha value is -1.25. The van der Waals surface area contributed by atoms with Crippen molar-refractivity contribution in [3.63, 3.8) is 0 Å². The first-order chi connectivity index (χ1) is 4.86. The molecule has 0 atom stereocenters. The zero-order valence-corrected chi connectivity index (χ0v) is 5.39. The third kappa shape index (κ3) is 0.708. The molecule has 10 heavy (non-hydrogen) atoms. The molecule has 0 aromatic carbocycles. The van der Waals surface area contributed by atoms with E-state index in [0.717, 1.165) is 18.7 Å². The maximum absolute atomic E-state index is 10.6. The summed E-state index contributed by atoms with van der Waals surface area (Å²) < 4.78 is 4.83. The summed E-state index contributed by atoms with van der Waals surface area (Å²) in [5.74, 6) is 0.423. The molecule has 3 nitrogen and oxygen atoms in total. The van der Waals surface area contributed by atoms with Crippen LogP contribution in [-0.2, 0) is 9.53 Å². The van der Waals surface area contributed by atoms with Gasteiger partial charge in [-0.25, -0.2) is 4.79 Å². The van der Waals surface area contributed by atoms with E-state index in [2.05, 4.69) is 5.32 Å². The summed E-state index contributed by atoms with van der Waals surface area (Å²) in [7, 11) is 0. The molecular weight excluding hydrogens is 130 g/mol. The number of carbonyl (C=O) groups excluding carboxylic acids is 1. The number of hydrogen-bond acceptors (Lipinski definition) is 3. The Balaban J connectivity index is 2.35. The van der Waals surface area contributed by atoms with E-state index in [0.29, 0.717) is 5.76 Å². The monoisotopic (exact) mass is 137 g/mol. The Bertz CT molecular complexity index is 240. The lowest BCUT2D eigenvalue weighted by Crippen LogP contribution is -2.18. The van der Waals surface area contributed by atoms with Crippen molar-refractivity contribution < 1.29 is 9.53 Å². The first-order valence-electron chi connectivity index (χ1n) is 3.24. The van der Waals surface area contributed by atoms with Crippen LogP contribution in [0.2, 0.25) is 0 Å². The average molecular weight is 137 g/mol. The van der Waals surface area contributed by atoms with Crippen LogP contribution in [0.3, 0.4) is 0 Å². The lowest BCUT2D eigenvalue weighted by Gasteiger charge is -2.11. The van der Waals surface area contributed by atoms with Crippen molar-refractivity contribution in [3.8, 4) is 0 Å². The zero-order chi connectivity index (χ0) is 6.97. The highest BCUT2D eigenvalue weighted by Gasteiger charge is 2.21. The van der Waals surface area contributed by atoms with Gasteiger partial charge in [-0.15, -0.1) is 0 Å². The molecule has 1 N–H and O–H groups in total. The molecule has 0 aromatic rings. The SMILES string of the molecule is O=C1C=C2NCCC=C2O1. The van der Waals surface area contributed by atoms with E-state index >= 15 is 0 Å². The Kier molecular flexibility index (Phi) is 1.03. The maximum atomic E-state index is 10.6. The van der Waals surface area contributed by atoms with Gasteiger partial charge in [0, 0.05) is 6.54 Å². The summed E-state index contributed by atoms with van der Waals surface area (Å²) >= 11 is 0. The Morgan fingerprint density at radius 3 is 3.30 bits per heavy atom. The molecule has 2 heterocycles. The van der Waals surface area contributed by atoms with Crippen LogP contribution in [0.25, 0.3) is 0 Å². The molecule has 2 aliphatic rings. The number of nitrogens with one attached hydrogen (secondary N) is 1. The van der Waals surface area contributed by atoms with Crippen LogP contribution in [0.4, 0.5) is 0 Å². The fourth-order valence-corrected chi connectivity index (χ4v) is 1.08. The molecule has 3 heteroatoms. The van der Waals surface area contributed by atoms with Gasteiger partial charge in [-0.2, -0.15) is 0 Å². The molecule has 0 fully saturated rings. The van der Waals surface area contributed by atoms with E-state index in [1.165, 1.54) is 6.08 Å². The van der Waals surface area contributed by atoms with Crippen molar-refractivity contribution in [2.75, 3.05) is 6.54 Å². The van der Waals surface area contributed by atoms with Gasteiger partial charge < -0.3 is 10.1 Å². The molecule has 0 spiro atoms. The van der Waals surface area contributed by atoms with Crippen molar-refractivity contribution in [3.05, 3.63) is 23.6 Å². The van der Waals surface area contributed by atoms with Gasteiger partial charge in [0.1, 0.15) is 0 Å². The largest absolute Gasteiger partial charge is 0.421 e. The maximum Gasteiger partial charge on any atom is 0.338 e. The fourth-order valence-electron chi connectivity index (χ4n) is 1.08. The van der Waals surface area contributed by atoms with Crippen LogP contribution in [0, 0.1) is 0 Å². The van der Waals surface area contributed by atoms with Crippen molar-refractivity contribution in [1.82, 2.24) is 5.32 Å². The van der Waals surface area contributed by atoms with Crippen LogP contribution in [0.1, 0.15) is 6.42 Å². The molecule has 0 aliphatic carbocycles. The standard InChI is InChI=1S/C7H7NO2/c9-7-4-5-6(10-7)2-1-3-8-5/h2,4,8H,1,3H2. The highest BCUT2D eigenvalue weighted by atomic mass is 16.5.